The quantitative estimate of drug-likeness (QED) is 0.233. The molecule has 1 aromatic heterocycles. The lowest BCUT2D eigenvalue weighted by molar-refractivity contribution is -0.528. The maximum atomic E-state index is 12.4. The number of benzene rings is 3. The van der Waals surface area contributed by atoms with E-state index in [2.05, 4.69) is 15.2 Å². The van der Waals surface area contributed by atoms with E-state index in [4.69, 9.17) is 9.47 Å². The number of nitrogens with zero attached hydrogens (tertiary/aromatic N) is 2. The first-order valence-corrected chi connectivity index (χ1v) is 12.6. The van der Waals surface area contributed by atoms with Gasteiger partial charge in [-0.25, -0.2) is 4.79 Å². The molecule has 38 heavy (non-hydrogen) atoms. The first kappa shape index (κ1) is 25.3. The maximum Gasteiger partial charge on any atom is 0.411 e. The Morgan fingerprint density at radius 2 is 1.92 bits per heavy atom. The van der Waals surface area contributed by atoms with E-state index in [0.717, 1.165) is 46.4 Å². The van der Waals surface area contributed by atoms with E-state index in [-0.39, 0.29) is 18.0 Å². The molecule has 1 aliphatic rings. The van der Waals surface area contributed by atoms with Crippen molar-refractivity contribution in [3.8, 4) is 0 Å². The molecule has 0 aliphatic carbocycles. The molecule has 5 rings (SSSR count). The number of ether oxygens (including phenoxy) is 2. The van der Waals surface area contributed by atoms with Gasteiger partial charge in [0.25, 0.3) is 0 Å². The molecule has 9 nitrogen and oxygen atoms in total. The predicted molar refractivity (Wildman–Crippen MR) is 146 cm³/mol. The molecule has 1 fully saturated rings. The molecule has 1 amide bonds. The van der Waals surface area contributed by atoms with Gasteiger partial charge in [-0.2, -0.15) is 0 Å². The van der Waals surface area contributed by atoms with E-state index in [1.807, 2.05) is 61.5 Å². The minimum absolute atomic E-state index is 0.155. The zero-order valence-electron chi connectivity index (χ0n) is 21.2. The Kier molecular flexibility index (Phi) is 7.55. The van der Waals surface area contributed by atoms with Crippen molar-refractivity contribution in [2.45, 2.75) is 26.0 Å². The predicted octanol–water partition coefficient (Wildman–Crippen LogP) is 5.62. The number of amides is 1. The van der Waals surface area contributed by atoms with Gasteiger partial charge < -0.3 is 19.4 Å². The highest BCUT2D eigenvalue weighted by molar-refractivity contribution is 5.87. The van der Waals surface area contributed by atoms with E-state index in [9.17, 15) is 14.9 Å². The number of fused-ring (bicyclic) bond motifs is 1. The molecule has 1 atom stereocenters. The highest BCUT2D eigenvalue weighted by Crippen LogP contribution is 2.33. The van der Waals surface area contributed by atoms with Crippen molar-refractivity contribution >= 4 is 28.4 Å². The van der Waals surface area contributed by atoms with Crippen LogP contribution in [0.15, 0.2) is 72.9 Å². The fourth-order valence-electron chi connectivity index (χ4n) is 4.84. The van der Waals surface area contributed by atoms with Gasteiger partial charge in [0.15, 0.2) is 0 Å². The Labute approximate surface area is 220 Å². The number of hydrogen-bond donors (Lipinski definition) is 2. The molecule has 9 heteroatoms. The van der Waals surface area contributed by atoms with Gasteiger partial charge in [0.05, 0.1) is 18.8 Å². The first-order valence-electron chi connectivity index (χ1n) is 12.6. The van der Waals surface area contributed by atoms with Crippen LogP contribution in [0.3, 0.4) is 0 Å². The van der Waals surface area contributed by atoms with Crippen LogP contribution in [0.1, 0.15) is 28.3 Å². The van der Waals surface area contributed by atoms with Crippen LogP contribution in [-0.4, -0.2) is 42.3 Å². The van der Waals surface area contributed by atoms with Crippen molar-refractivity contribution in [3.05, 3.63) is 105 Å². The number of hydrogen-bond acceptors (Lipinski definition) is 6. The van der Waals surface area contributed by atoms with Gasteiger partial charge in [0.1, 0.15) is 6.61 Å². The minimum Gasteiger partial charge on any atom is -0.444 e. The summed E-state index contributed by atoms with van der Waals surface area (Å²) in [6.45, 7) is 4.91. The zero-order valence-corrected chi connectivity index (χ0v) is 21.2. The van der Waals surface area contributed by atoms with Crippen LogP contribution < -0.4 is 10.2 Å². The summed E-state index contributed by atoms with van der Waals surface area (Å²) < 4.78 is 10.8. The number of rotatable bonds is 8. The minimum atomic E-state index is -0.956. The average molecular weight is 515 g/mol. The lowest BCUT2D eigenvalue weighted by Crippen LogP contribution is -2.36. The number of nitro groups is 1. The molecular weight excluding hydrogens is 484 g/mol. The zero-order chi connectivity index (χ0) is 26.5. The molecule has 0 saturated carbocycles. The second-order valence-electron chi connectivity index (χ2n) is 9.36. The third kappa shape index (κ3) is 5.63. The van der Waals surface area contributed by atoms with E-state index in [1.165, 1.54) is 0 Å². The number of carbonyl (C=O) groups is 1. The summed E-state index contributed by atoms with van der Waals surface area (Å²) in [5.41, 5.74) is 5.53. The van der Waals surface area contributed by atoms with E-state index < -0.39 is 12.1 Å². The first-order chi connectivity index (χ1) is 18.5. The van der Waals surface area contributed by atoms with Crippen molar-refractivity contribution in [1.82, 2.24) is 4.98 Å². The van der Waals surface area contributed by atoms with Crippen LogP contribution in [0.4, 0.5) is 16.2 Å². The highest BCUT2D eigenvalue weighted by atomic mass is 16.6. The molecule has 1 unspecified atom stereocenters. The Morgan fingerprint density at radius 1 is 1.13 bits per heavy atom. The summed E-state index contributed by atoms with van der Waals surface area (Å²) in [5.74, 6) is 0. The third-order valence-electron chi connectivity index (χ3n) is 7.00. The second kappa shape index (κ2) is 11.4. The van der Waals surface area contributed by atoms with E-state index in [0.29, 0.717) is 24.5 Å². The van der Waals surface area contributed by atoms with Crippen LogP contribution in [0, 0.1) is 17.0 Å². The summed E-state index contributed by atoms with van der Waals surface area (Å²) in [6, 6.07) is 19.9. The summed E-state index contributed by atoms with van der Waals surface area (Å²) in [5, 5.41) is 15.9. The van der Waals surface area contributed by atoms with E-state index in [1.54, 1.807) is 18.3 Å². The molecule has 2 N–H and O–H groups in total. The van der Waals surface area contributed by atoms with Crippen LogP contribution in [0.2, 0.25) is 0 Å². The van der Waals surface area contributed by atoms with Gasteiger partial charge in [-0.1, -0.05) is 42.5 Å². The largest absolute Gasteiger partial charge is 0.444 e. The molecular formula is C29H30N4O5. The number of H-pyrrole nitrogens is 1. The highest BCUT2D eigenvalue weighted by Gasteiger charge is 2.28. The molecule has 3 aromatic carbocycles. The molecule has 4 aromatic rings. The van der Waals surface area contributed by atoms with Gasteiger partial charge in [-0.15, -0.1) is 0 Å². The molecule has 0 bridgehead atoms. The number of morpholine rings is 1. The van der Waals surface area contributed by atoms with Crippen LogP contribution in [-0.2, 0) is 22.5 Å². The average Bonchev–Trinajstić information content (AvgIpc) is 3.36. The van der Waals surface area contributed by atoms with Gasteiger partial charge in [-0.3, -0.25) is 15.4 Å². The fourth-order valence-corrected chi connectivity index (χ4v) is 4.84. The summed E-state index contributed by atoms with van der Waals surface area (Å²) in [6.07, 6.45) is 1.34. The van der Waals surface area contributed by atoms with E-state index >= 15 is 0 Å². The number of nitrogens with one attached hydrogen (secondary N) is 2. The SMILES string of the molecule is Cc1c(CC(c2c[nH]c3ccc(N4CCOCC4)cc23)[N+](=O)[O-])cccc1NC(=O)OCc1ccccc1. The van der Waals surface area contributed by atoms with Crippen molar-refractivity contribution in [1.29, 1.82) is 0 Å². The molecule has 1 aliphatic heterocycles. The lowest BCUT2D eigenvalue weighted by Gasteiger charge is -2.29. The topological polar surface area (TPSA) is 110 Å². The van der Waals surface area contributed by atoms with Gasteiger partial charge in [0.2, 0.25) is 6.04 Å². The molecule has 0 radical (unpaired) electrons. The smallest absolute Gasteiger partial charge is 0.411 e. The Bertz CT molecular complexity index is 1430. The molecule has 0 spiro atoms. The molecule has 196 valence electrons. The van der Waals surface area contributed by atoms with Gasteiger partial charge >= 0.3 is 6.09 Å². The fraction of sp³-hybridized carbons (Fsp3) is 0.276. The van der Waals surface area contributed by atoms with Crippen LogP contribution in [0.25, 0.3) is 10.9 Å². The number of carbonyl (C=O) groups excluding carboxylic acids is 1. The third-order valence-corrected chi connectivity index (χ3v) is 7.00. The Balaban J connectivity index is 1.35. The Morgan fingerprint density at radius 3 is 2.68 bits per heavy atom. The van der Waals surface area contributed by atoms with Crippen LogP contribution >= 0.6 is 0 Å². The van der Waals surface area contributed by atoms with Crippen molar-refractivity contribution < 1.29 is 19.2 Å². The van der Waals surface area contributed by atoms with Gasteiger partial charge in [0, 0.05) is 52.9 Å². The molecule has 1 saturated heterocycles. The molecule has 2 heterocycles. The summed E-state index contributed by atoms with van der Waals surface area (Å²) in [7, 11) is 0. The normalized spacial score (nSPS) is 14.3. The number of aromatic nitrogens is 1. The van der Waals surface area contributed by atoms with Crippen molar-refractivity contribution in [2.24, 2.45) is 0 Å². The monoisotopic (exact) mass is 514 g/mol. The Hall–Kier alpha value is -4.37. The summed E-state index contributed by atoms with van der Waals surface area (Å²) in [4.78, 5) is 29.9. The van der Waals surface area contributed by atoms with Crippen LogP contribution in [0.5, 0.6) is 0 Å². The standard InChI is InChI=1S/C29H30N4O5/c1-20-22(8-5-9-26(20)31-29(34)38-19-21-6-3-2-4-7-21)16-28(33(35)36)25-18-30-27-11-10-23(17-24(25)27)32-12-14-37-15-13-32/h2-11,17-18,28,30H,12-16,19H2,1H3,(H,31,34). The summed E-state index contributed by atoms with van der Waals surface area (Å²) >= 11 is 0. The maximum absolute atomic E-state index is 12.4. The van der Waals surface area contributed by atoms with Crippen molar-refractivity contribution in [2.75, 3.05) is 36.5 Å². The lowest BCUT2D eigenvalue weighted by atomic mass is 9.95. The van der Waals surface area contributed by atoms with Crippen molar-refractivity contribution in [3.63, 3.8) is 0 Å². The second-order valence-corrected chi connectivity index (χ2v) is 9.36. The van der Waals surface area contributed by atoms with Gasteiger partial charge in [-0.05, 0) is 47.9 Å². The number of anilines is 2. The number of aromatic amines is 1.